The second-order valence-corrected chi connectivity index (χ2v) is 7.40. The SMILES string of the molecule is c1cc2nc(-c3nc4cc(NCC5CC5)cc5c4n3CCCO5)ccn2n1. The van der Waals surface area contributed by atoms with Crippen LogP contribution in [-0.4, -0.2) is 37.3 Å². The van der Waals surface area contributed by atoms with Crippen LogP contribution in [0.2, 0.25) is 0 Å². The quantitative estimate of drug-likeness (QED) is 0.604. The molecular formula is C20H20N6O. The van der Waals surface area contributed by atoms with Gasteiger partial charge in [-0.2, -0.15) is 5.10 Å². The van der Waals surface area contributed by atoms with Gasteiger partial charge in [0.05, 0.1) is 18.3 Å². The lowest BCUT2D eigenvalue weighted by molar-refractivity contribution is 0.316. The lowest BCUT2D eigenvalue weighted by atomic mass is 10.2. The third kappa shape index (κ3) is 2.53. The fraction of sp³-hybridized carbons (Fsp3) is 0.350. The number of rotatable bonds is 4. The number of nitrogens with zero attached hydrogens (tertiary/aromatic N) is 5. The average Bonchev–Trinajstić information content (AvgIpc) is 3.33. The fourth-order valence-corrected chi connectivity index (χ4v) is 3.78. The Bertz CT molecular complexity index is 1160. The van der Waals surface area contributed by atoms with Crippen LogP contribution in [0.25, 0.3) is 28.2 Å². The summed E-state index contributed by atoms with van der Waals surface area (Å²) >= 11 is 0. The van der Waals surface area contributed by atoms with Crippen molar-refractivity contribution in [2.75, 3.05) is 18.5 Å². The smallest absolute Gasteiger partial charge is 0.160 e. The normalized spacial score (nSPS) is 16.4. The molecule has 2 aliphatic rings. The Labute approximate surface area is 156 Å². The number of nitrogens with one attached hydrogen (secondary N) is 1. The first-order valence-electron chi connectivity index (χ1n) is 9.57. The van der Waals surface area contributed by atoms with E-state index in [-0.39, 0.29) is 0 Å². The van der Waals surface area contributed by atoms with Crippen LogP contribution in [0.5, 0.6) is 5.75 Å². The third-order valence-corrected chi connectivity index (χ3v) is 5.37. The third-order valence-electron chi connectivity index (χ3n) is 5.37. The highest BCUT2D eigenvalue weighted by molar-refractivity contribution is 5.89. The average molecular weight is 360 g/mol. The summed E-state index contributed by atoms with van der Waals surface area (Å²) < 4.78 is 10.1. The summed E-state index contributed by atoms with van der Waals surface area (Å²) in [6.07, 6.45) is 7.31. The number of aryl methyl sites for hydroxylation is 1. The molecule has 0 radical (unpaired) electrons. The maximum atomic E-state index is 6.06. The van der Waals surface area contributed by atoms with Crippen molar-refractivity contribution < 1.29 is 4.74 Å². The van der Waals surface area contributed by atoms with E-state index in [0.29, 0.717) is 0 Å². The first-order chi connectivity index (χ1) is 13.3. The lowest BCUT2D eigenvalue weighted by Gasteiger charge is -2.09. The number of aromatic nitrogens is 5. The molecular weight excluding hydrogens is 340 g/mol. The Morgan fingerprint density at radius 1 is 1.19 bits per heavy atom. The van der Waals surface area contributed by atoms with Crippen LogP contribution in [-0.2, 0) is 6.54 Å². The number of fused-ring (bicyclic) bond motifs is 1. The van der Waals surface area contributed by atoms with Crippen molar-refractivity contribution in [2.45, 2.75) is 25.8 Å². The molecule has 0 spiro atoms. The molecule has 1 saturated carbocycles. The largest absolute Gasteiger partial charge is 0.491 e. The van der Waals surface area contributed by atoms with Crippen LogP contribution >= 0.6 is 0 Å². The fourth-order valence-electron chi connectivity index (χ4n) is 3.78. The minimum atomic E-state index is 0.720. The molecule has 0 bridgehead atoms. The molecule has 1 aliphatic carbocycles. The molecule has 0 atom stereocenters. The van der Waals surface area contributed by atoms with E-state index in [1.54, 1.807) is 10.7 Å². The van der Waals surface area contributed by atoms with E-state index in [2.05, 4.69) is 27.1 Å². The van der Waals surface area contributed by atoms with Gasteiger partial charge in [-0.3, -0.25) is 0 Å². The van der Waals surface area contributed by atoms with Gasteiger partial charge in [0, 0.05) is 37.1 Å². The number of imidazole rings is 1. The number of ether oxygens (including phenoxy) is 1. The van der Waals surface area contributed by atoms with Gasteiger partial charge >= 0.3 is 0 Å². The molecule has 136 valence electrons. The summed E-state index contributed by atoms with van der Waals surface area (Å²) in [7, 11) is 0. The molecule has 7 heteroatoms. The van der Waals surface area contributed by atoms with Crippen molar-refractivity contribution in [2.24, 2.45) is 5.92 Å². The molecule has 0 unspecified atom stereocenters. The summed E-state index contributed by atoms with van der Waals surface area (Å²) in [5, 5.41) is 7.78. The molecule has 6 rings (SSSR count). The topological polar surface area (TPSA) is 69.3 Å². The Morgan fingerprint density at radius 2 is 2.15 bits per heavy atom. The number of benzene rings is 1. The standard InChI is InChI=1S/C20H20N6O/c1-7-25-19-16(10-14(11-17(19)27-9-1)21-12-13-2-3-13)24-20(25)15-5-8-26-18(23-15)4-6-22-26/h4-6,8,10-11,13,21H,1-3,7,9,12H2. The number of hydrogen-bond acceptors (Lipinski definition) is 5. The van der Waals surface area contributed by atoms with Crippen molar-refractivity contribution in [1.29, 1.82) is 0 Å². The van der Waals surface area contributed by atoms with E-state index in [1.165, 1.54) is 12.8 Å². The van der Waals surface area contributed by atoms with Crippen LogP contribution in [0.1, 0.15) is 19.3 Å². The second-order valence-electron chi connectivity index (χ2n) is 7.40. The van der Waals surface area contributed by atoms with Gasteiger partial charge in [-0.05, 0) is 37.3 Å². The zero-order valence-corrected chi connectivity index (χ0v) is 14.9. The highest BCUT2D eigenvalue weighted by Crippen LogP contribution is 2.36. The molecule has 1 aliphatic heterocycles. The molecule has 27 heavy (non-hydrogen) atoms. The van der Waals surface area contributed by atoms with Crippen molar-refractivity contribution in [3.05, 3.63) is 36.7 Å². The van der Waals surface area contributed by atoms with E-state index in [9.17, 15) is 0 Å². The molecule has 1 N–H and O–H groups in total. The molecule has 7 nitrogen and oxygen atoms in total. The van der Waals surface area contributed by atoms with Crippen molar-refractivity contribution in [3.8, 4) is 17.3 Å². The van der Waals surface area contributed by atoms with E-state index in [1.807, 2.05) is 18.3 Å². The molecule has 1 aromatic carbocycles. The van der Waals surface area contributed by atoms with Crippen molar-refractivity contribution >= 4 is 22.4 Å². The zero-order valence-electron chi connectivity index (χ0n) is 14.9. The number of anilines is 1. The molecule has 0 amide bonds. The summed E-state index contributed by atoms with van der Waals surface area (Å²) in [6.45, 7) is 2.62. The van der Waals surface area contributed by atoms with Crippen LogP contribution in [0.15, 0.2) is 36.7 Å². The molecule has 1 fully saturated rings. The predicted octanol–water partition coefficient (Wildman–Crippen LogP) is 3.35. The van der Waals surface area contributed by atoms with E-state index in [4.69, 9.17) is 14.7 Å². The van der Waals surface area contributed by atoms with Gasteiger partial charge in [0.25, 0.3) is 0 Å². The summed E-state index contributed by atoms with van der Waals surface area (Å²) in [4.78, 5) is 9.69. The highest BCUT2D eigenvalue weighted by Gasteiger charge is 2.23. The lowest BCUT2D eigenvalue weighted by Crippen LogP contribution is -2.03. The highest BCUT2D eigenvalue weighted by atomic mass is 16.5. The Balaban J connectivity index is 1.50. The Morgan fingerprint density at radius 3 is 3.07 bits per heavy atom. The first-order valence-corrected chi connectivity index (χ1v) is 9.57. The molecule has 0 saturated heterocycles. The van der Waals surface area contributed by atoms with Gasteiger partial charge in [0.2, 0.25) is 0 Å². The summed E-state index contributed by atoms with van der Waals surface area (Å²) in [5.74, 6) is 2.62. The van der Waals surface area contributed by atoms with E-state index >= 15 is 0 Å². The van der Waals surface area contributed by atoms with Gasteiger partial charge < -0.3 is 14.6 Å². The van der Waals surface area contributed by atoms with Gasteiger partial charge in [-0.25, -0.2) is 14.5 Å². The Kier molecular flexibility index (Phi) is 3.17. The zero-order chi connectivity index (χ0) is 17.8. The predicted molar refractivity (Wildman–Crippen MR) is 103 cm³/mol. The number of hydrogen-bond donors (Lipinski definition) is 1. The van der Waals surface area contributed by atoms with Gasteiger partial charge in [-0.1, -0.05) is 0 Å². The van der Waals surface area contributed by atoms with Crippen LogP contribution in [0.3, 0.4) is 0 Å². The molecule has 3 aromatic heterocycles. The van der Waals surface area contributed by atoms with Crippen molar-refractivity contribution in [3.63, 3.8) is 0 Å². The van der Waals surface area contributed by atoms with Crippen LogP contribution in [0.4, 0.5) is 5.69 Å². The van der Waals surface area contributed by atoms with Gasteiger partial charge in [0.1, 0.15) is 17.0 Å². The van der Waals surface area contributed by atoms with E-state index in [0.717, 1.165) is 71.7 Å². The van der Waals surface area contributed by atoms with Crippen LogP contribution in [0, 0.1) is 5.92 Å². The maximum absolute atomic E-state index is 6.06. The summed E-state index contributed by atoms with van der Waals surface area (Å²) in [5.41, 5.74) is 4.79. The minimum absolute atomic E-state index is 0.720. The first kappa shape index (κ1) is 15.0. The second kappa shape index (κ2) is 5.70. The van der Waals surface area contributed by atoms with Crippen LogP contribution < -0.4 is 10.1 Å². The Hall–Kier alpha value is -3.09. The summed E-state index contributed by atoms with van der Waals surface area (Å²) in [6, 6.07) is 8.13. The van der Waals surface area contributed by atoms with Gasteiger partial charge in [0.15, 0.2) is 11.5 Å². The maximum Gasteiger partial charge on any atom is 0.160 e. The van der Waals surface area contributed by atoms with Gasteiger partial charge in [-0.15, -0.1) is 0 Å². The monoisotopic (exact) mass is 360 g/mol. The minimum Gasteiger partial charge on any atom is -0.491 e. The van der Waals surface area contributed by atoms with E-state index < -0.39 is 0 Å². The molecule has 4 aromatic rings. The van der Waals surface area contributed by atoms with Crippen molar-refractivity contribution in [1.82, 2.24) is 24.1 Å². The molecule has 4 heterocycles.